The predicted molar refractivity (Wildman–Crippen MR) is 164 cm³/mol. The van der Waals surface area contributed by atoms with E-state index in [1.165, 1.54) is 44.3 Å². The standard InChI is InChI=1S/C38H26N2/c1-3-11-30(12-4-1)38(31-13-5-2-6-14-31)34-16-8-7-15-33(34)36-35(38)22-19-28-23-25-40(37(28)36)32-20-17-27(18-21-32)29-10-9-24-39-26-29/h1-26H. The summed E-state index contributed by atoms with van der Waals surface area (Å²) in [6.07, 6.45) is 5.93. The lowest BCUT2D eigenvalue weighted by Crippen LogP contribution is -2.28. The van der Waals surface area contributed by atoms with Gasteiger partial charge in [0.05, 0.1) is 10.9 Å². The van der Waals surface area contributed by atoms with Gasteiger partial charge in [-0.25, -0.2) is 0 Å². The van der Waals surface area contributed by atoms with Gasteiger partial charge in [0.25, 0.3) is 0 Å². The maximum Gasteiger partial charge on any atom is 0.0714 e. The van der Waals surface area contributed by atoms with Crippen molar-refractivity contribution < 1.29 is 0 Å². The minimum absolute atomic E-state index is 0.401. The van der Waals surface area contributed by atoms with Crippen LogP contribution in [0.15, 0.2) is 158 Å². The molecule has 0 aliphatic heterocycles. The van der Waals surface area contributed by atoms with Crippen LogP contribution in [0.2, 0.25) is 0 Å². The molecule has 1 aliphatic carbocycles. The van der Waals surface area contributed by atoms with Gasteiger partial charge in [0.15, 0.2) is 0 Å². The Hall–Kier alpha value is -5.21. The van der Waals surface area contributed by atoms with Crippen molar-refractivity contribution in [3.8, 4) is 27.9 Å². The normalized spacial score (nSPS) is 13.2. The highest BCUT2D eigenvalue weighted by molar-refractivity contribution is 6.03. The summed E-state index contributed by atoms with van der Waals surface area (Å²) in [7, 11) is 0. The Morgan fingerprint density at radius 2 is 1.23 bits per heavy atom. The van der Waals surface area contributed by atoms with Crippen LogP contribution in [0.25, 0.3) is 38.8 Å². The molecule has 2 aromatic heterocycles. The van der Waals surface area contributed by atoms with Crippen molar-refractivity contribution in [1.82, 2.24) is 9.55 Å². The second-order valence-electron chi connectivity index (χ2n) is 10.4. The van der Waals surface area contributed by atoms with Crippen LogP contribution in [-0.4, -0.2) is 9.55 Å². The molecule has 0 spiro atoms. The monoisotopic (exact) mass is 510 g/mol. The van der Waals surface area contributed by atoms with Gasteiger partial charge in [-0.15, -0.1) is 0 Å². The third-order valence-electron chi connectivity index (χ3n) is 8.41. The molecular formula is C38H26N2. The average Bonchev–Trinajstić information content (AvgIpc) is 3.60. The van der Waals surface area contributed by atoms with Crippen LogP contribution in [0, 0.1) is 0 Å². The van der Waals surface area contributed by atoms with Crippen LogP contribution >= 0.6 is 0 Å². The number of pyridine rings is 1. The van der Waals surface area contributed by atoms with Crippen molar-refractivity contribution in [2.75, 3.05) is 0 Å². The first kappa shape index (κ1) is 22.7. The van der Waals surface area contributed by atoms with Crippen LogP contribution in [-0.2, 0) is 5.41 Å². The lowest BCUT2D eigenvalue weighted by atomic mass is 9.67. The van der Waals surface area contributed by atoms with Gasteiger partial charge >= 0.3 is 0 Å². The van der Waals surface area contributed by atoms with Crippen molar-refractivity contribution in [1.29, 1.82) is 0 Å². The van der Waals surface area contributed by atoms with E-state index < -0.39 is 5.41 Å². The molecule has 7 aromatic rings. The maximum atomic E-state index is 4.29. The Bertz CT molecular complexity index is 1930. The van der Waals surface area contributed by atoms with Crippen LogP contribution in [0.4, 0.5) is 0 Å². The Kier molecular flexibility index (Phi) is 5.08. The van der Waals surface area contributed by atoms with Gasteiger partial charge in [0.2, 0.25) is 0 Å². The second kappa shape index (κ2) is 8.93. The van der Waals surface area contributed by atoms with Crippen LogP contribution in [0.5, 0.6) is 0 Å². The van der Waals surface area contributed by atoms with E-state index in [2.05, 4.69) is 149 Å². The van der Waals surface area contributed by atoms with Crippen molar-refractivity contribution in [2.24, 2.45) is 0 Å². The van der Waals surface area contributed by atoms with Gasteiger partial charge in [0, 0.05) is 35.2 Å². The minimum atomic E-state index is -0.401. The lowest BCUT2D eigenvalue weighted by molar-refractivity contribution is 0.769. The number of hydrogen-bond donors (Lipinski definition) is 0. The highest BCUT2D eigenvalue weighted by atomic mass is 15.0. The molecule has 0 amide bonds. The summed E-state index contributed by atoms with van der Waals surface area (Å²) in [5.74, 6) is 0. The van der Waals surface area contributed by atoms with Gasteiger partial charge in [-0.05, 0) is 63.2 Å². The average molecular weight is 511 g/mol. The van der Waals surface area contributed by atoms with E-state index in [1.54, 1.807) is 0 Å². The fourth-order valence-electron chi connectivity index (χ4n) is 6.72. The molecule has 0 bridgehead atoms. The second-order valence-corrected chi connectivity index (χ2v) is 10.4. The van der Waals surface area contributed by atoms with Gasteiger partial charge in [0.1, 0.15) is 0 Å². The van der Waals surface area contributed by atoms with Gasteiger partial charge < -0.3 is 4.57 Å². The highest BCUT2D eigenvalue weighted by Gasteiger charge is 2.46. The van der Waals surface area contributed by atoms with E-state index in [1.807, 2.05) is 18.5 Å². The molecule has 2 heteroatoms. The molecule has 1 aliphatic rings. The maximum absolute atomic E-state index is 4.29. The van der Waals surface area contributed by atoms with Crippen molar-refractivity contribution in [3.63, 3.8) is 0 Å². The molecule has 0 radical (unpaired) electrons. The smallest absolute Gasteiger partial charge is 0.0714 e. The van der Waals surface area contributed by atoms with Crippen LogP contribution in [0.1, 0.15) is 22.3 Å². The third-order valence-corrected chi connectivity index (χ3v) is 8.41. The molecule has 2 nitrogen and oxygen atoms in total. The zero-order chi connectivity index (χ0) is 26.5. The Balaban J connectivity index is 1.42. The van der Waals surface area contributed by atoms with E-state index in [-0.39, 0.29) is 0 Å². The Labute approximate surface area is 233 Å². The molecule has 5 aromatic carbocycles. The number of aromatic nitrogens is 2. The molecule has 0 N–H and O–H groups in total. The molecule has 0 saturated heterocycles. The number of benzene rings is 5. The van der Waals surface area contributed by atoms with Crippen molar-refractivity contribution in [3.05, 3.63) is 180 Å². The topological polar surface area (TPSA) is 17.8 Å². The number of hydrogen-bond acceptors (Lipinski definition) is 1. The van der Waals surface area contributed by atoms with E-state index in [0.29, 0.717) is 0 Å². The fourth-order valence-corrected chi connectivity index (χ4v) is 6.72. The summed E-state index contributed by atoms with van der Waals surface area (Å²) in [5, 5.41) is 1.24. The zero-order valence-electron chi connectivity index (χ0n) is 21.9. The number of rotatable bonds is 4. The quantitative estimate of drug-likeness (QED) is 0.231. The molecule has 0 unspecified atom stereocenters. The van der Waals surface area contributed by atoms with E-state index >= 15 is 0 Å². The van der Waals surface area contributed by atoms with Crippen molar-refractivity contribution in [2.45, 2.75) is 5.41 Å². The Morgan fingerprint density at radius 1 is 0.525 bits per heavy atom. The first-order valence-corrected chi connectivity index (χ1v) is 13.7. The number of fused-ring (bicyclic) bond motifs is 5. The largest absolute Gasteiger partial charge is 0.316 e. The minimum Gasteiger partial charge on any atom is -0.316 e. The van der Waals surface area contributed by atoms with Gasteiger partial charge in [-0.1, -0.05) is 115 Å². The summed E-state index contributed by atoms with van der Waals surface area (Å²) in [6.45, 7) is 0. The summed E-state index contributed by atoms with van der Waals surface area (Å²) >= 11 is 0. The lowest BCUT2D eigenvalue weighted by Gasteiger charge is -2.33. The predicted octanol–water partition coefficient (Wildman–Crippen LogP) is 9.06. The number of nitrogens with zero attached hydrogens (tertiary/aromatic N) is 2. The van der Waals surface area contributed by atoms with Crippen LogP contribution < -0.4 is 0 Å². The Morgan fingerprint density at radius 3 is 1.93 bits per heavy atom. The zero-order valence-corrected chi connectivity index (χ0v) is 21.9. The van der Waals surface area contributed by atoms with E-state index in [9.17, 15) is 0 Å². The highest BCUT2D eigenvalue weighted by Crippen LogP contribution is 2.57. The van der Waals surface area contributed by atoms with Crippen molar-refractivity contribution >= 4 is 10.9 Å². The van der Waals surface area contributed by atoms with E-state index in [0.717, 1.165) is 16.8 Å². The molecule has 0 atom stereocenters. The molecule has 188 valence electrons. The molecular weight excluding hydrogens is 484 g/mol. The SMILES string of the molecule is c1ccc(C2(c3ccccc3)c3ccccc3-c3c2ccc2ccn(-c4ccc(-c5cccnc5)cc4)c32)cc1. The van der Waals surface area contributed by atoms with Gasteiger partial charge in [-0.2, -0.15) is 0 Å². The first-order chi connectivity index (χ1) is 19.9. The first-order valence-electron chi connectivity index (χ1n) is 13.7. The van der Waals surface area contributed by atoms with E-state index in [4.69, 9.17) is 0 Å². The fraction of sp³-hybridized carbons (Fsp3) is 0.0263. The molecule has 0 saturated carbocycles. The molecule has 8 rings (SSSR count). The summed E-state index contributed by atoms with van der Waals surface area (Å²) in [5.41, 5.74) is 12.1. The summed E-state index contributed by atoms with van der Waals surface area (Å²) < 4.78 is 2.35. The molecule has 0 fully saturated rings. The molecule has 40 heavy (non-hydrogen) atoms. The molecule has 2 heterocycles. The summed E-state index contributed by atoms with van der Waals surface area (Å²) in [4.78, 5) is 4.29. The summed E-state index contributed by atoms with van der Waals surface area (Å²) in [6, 6.07) is 50.7. The van der Waals surface area contributed by atoms with Crippen LogP contribution in [0.3, 0.4) is 0 Å². The van der Waals surface area contributed by atoms with Gasteiger partial charge in [-0.3, -0.25) is 4.98 Å². The third kappa shape index (κ3) is 3.20.